The maximum Gasteiger partial charge on any atom is 0.268 e. The molecule has 0 aliphatic carbocycles. The Morgan fingerprint density at radius 1 is 1.03 bits per heavy atom. The Balaban J connectivity index is 1.81. The van der Waals surface area contributed by atoms with Crippen LogP contribution in [0.15, 0.2) is 70.2 Å². The topological polar surface area (TPSA) is 52.7 Å². The van der Waals surface area contributed by atoms with Crippen LogP contribution in [0, 0.1) is 25.1 Å². The average molecular weight is 503 g/mol. The van der Waals surface area contributed by atoms with Gasteiger partial charge in [0.25, 0.3) is 10.0 Å². The molecule has 0 unspecified atom stereocenters. The monoisotopic (exact) mass is 502 g/mol. The molecule has 1 heterocycles. The van der Waals surface area contributed by atoms with Gasteiger partial charge in [0.15, 0.2) is 11.6 Å². The van der Waals surface area contributed by atoms with E-state index in [1.54, 1.807) is 12.1 Å². The van der Waals surface area contributed by atoms with E-state index < -0.39 is 21.7 Å². The summed E-state index contributed by atoms with van der Waals surface area (Å²) in [6.07, 6.45) is 1.34. The maximum absolute atomic E-state index is 14.9. The van der Waals surface area contributed by atoms with Gasteiger partial charge < -0.3 is 4.74 Å². The molecular formula is C22H13BrF2N2O3S. The van der Waals surface area contributed by atoms with E-state index in [1.165, 1.54) is 30.5 Å². The number of halogens is 3. The molecule has 4 rings (SSSR count). The van der Waals surface area contributed by atoms with Crippen LogP contribution in [0.25, 0.3) is 15.7 Å². The van der Waals surface area contributed by atoms with E-state index in [1.807, 2.05) is 6.92 Å². The van der Waals surface area contributed by atoms with Crippen LogP contribution in [-0.4, -0.2) is 12.4 Å². The highest BCUT2D eigenvalue weighted by Gasteiger charge is 2.23. The largest absolute Gasteiger partial charge is 0.454 e. The summed E-state index contributed by atoms with van der Waals surface area (Å²) in [7, 11) is -3.94. The molecule has 31 heavy (non-hydrogen) atoms. The van der Waals surface area contributed by atoms with Gasteiger partial charge >= 0.3 is 0 Å². The Morgan fingerprint density at radius 2 is 1.74 bits per heavy atom. The van der Waals surface area contributed by atoms with Crippen molar-refractivity contribution in [3.8, 4) is 11.5 Å². The first-order valence-corrected chi connectivity index (χ1v) is 11.1. The lowest BCUT2D eigenvalue weighted by molar-refractivity contribution is 0.440. The molecule has 4 aromatic rings. The van der Waals surface area contributed by atoms with Crippen molar-refractivity contribution in [2.45, 2.75) is 11.8 Å². The predicted molar refractivity (Wildman–Crippen MR) is 116 cm³/mol. The Hall–Kier alpha value is -3.22. The van der Waals surface area contributed by atoms with Crippen LogP contribution >= 0.6 is 15.9 Å². The molecule has 0 atom stereocenters. The number of nitrogens with zero attached hydrogens (tertiary/aromatic N) is 2. The minimum atomic E-state index is -3.94. The molecular weight excluding hydrogens is 490 g/mol. The standard InChI is InChI=1S/C22H13BrF2N2O3S/c1-13-3-6-15(7-4-13)31(28,29)27-10-9-16-20(27)12-18(25)22(21(16)23)30-14-5-8-17(24)19(11-14)26-2/h3-12H,1H3. The summed E-state index contributed by atoms with van der Waals surface area (Å²) in [6.45, 7) is 8.83. The number of benzene rings is 3. The molecule has 5 nitrogen and oxygen atoms in total. The highest BCUT2D eigenvalue weighted by Crippen LogP contribution is 2.40. The highest BCUT2D eigenvalue weighted by molar-refractivity contribution is 9.10. The van der Waals surface area contributed by atoms with Crippen LogP contribution in [0.1, 0.15) is 5.56 Å². The second kappa shape index (κ2) is 7.80. The number of hydrogen-bond acceptors (Lipinski definition) is 3. The highest BCUT2D eigenvalue weighted by atomic mass is 79.9. The van der Waals surface area contributed by atoms with E-state index in [0.717, 1.165) is 27.7 Å². The Morgan fingerprint density at radius 3 is 2.42 bits per heavy atom. The van der Waals surface area contributed by atoms with Crippen molar-refractivity contribution in [1.82, 2.24) is 3.97 Å². The summed E-state index contributed by atoms with van der Waals surface area (Å²) < 4.78 is 61.3. The van der Waals surface area contributed by atoms with Gasteiger partial charge in [-0.05, 0) is 59.3 Å². The Labute approximate surface area is 185 Å². The van der Waals surface area contributed by atoms with E-state index in [9.17, 15) is 17.2 Å². The third-order valence-electron chi connectivity index (χ3n) is 4.64. The molecule has 0 fully saturated rings. The maximum atomic E-state index is 14.9. The molecule has 0 aliphatic heterocycles. The van der Waals surface area contributed by atoms with E-state index in [-0.39, 0.29) is 32.1 Å². The van der Waals surface area contributed by atoms with Gasteiger partial charge in [0, 0.05) is 17.6 Å². The fourth-order valence-corrected chi connectivity index (χ4v) is 5.00. The summed E-state index contributed by atoms with van der Waals surface area (Å²) in [4.78, 5) is 3.13. The molecule has 1 aromatic heterocycles. The van der Waals surface area contributed by atoms with E-state index in [0.29, 0.717) is 5.39 Å². The molecule has 0 bridgehead atoms. The van der Waals surface area contributed by atoms with Gasteiger partial charge in [-0.15, -0.1) is 0 Å². The lowest BCUT2D eigenvalue weighted by atomic mass is 10.2. The van der Waals surface area contributed by atoms with Crippen molar-refractivity contribution in [2.75, 3.05) is 0 Å². The molecule has 3 aromatic carbocycles. The zero-order valence-electron chi connectivity index (χ0n) is 15.9. The molecule has 0 saturated heterocycles. The zero-order valence-corrected chi connectivity index (χ0v) is 18.3. The lowest BCUT2D eigenvalue weighted by Gasteiger charge is -2.12. The quantitative estimate of drug-likeness (QED) is 0.296. The summed E-state index contributed by atoms with van der Waals surface area (Å²) >= 11 is 3.28. The second-order valence-electron chi connectivity index (χ2n) is 6.69. The van der Waals surface area contributed by atoms with Crippen LogP contribution in [0.2, 0.25) is 0 Å². The lowest BCUT2D eigenvalue weighted by Crippen LogP contribution is -2.12. The van der Waals surface area contributed by atoms with Gasteiger partial charge in [-0.3, -0.25) is 0 Å². The molecule has 9 heteroatoms. The fourth-order valence-electron chi connectivity index (χ4n) is 3.05. The zero-order chi connectivity index (χ0) is 22.3. The number of aromatic nitrogens is 1. The number of hydrogen-bond donors (Lipinski definition) is 0. The molecule has 0 aliphatic rings. The summed E-state index contributed by atoms with van der Waals surface area (Å²) in [5.74, 6) is -1.68. The smallest absolute Gasteiger partial charge is 0.268 e. The molecule has 0 saturated carbocycles. The van der Waals surface area contributed by atoms with Crippen LogP contribution < -0.4 is 4.74 Å². The summed E-state index contributed by atoms with van der Waals surface area (Å²) in [5.41, 5.74) is 0.776. The van der Waals surface area contributed by atoms with Crippen LogP contribution in [0.4, 0.5) is 14.5 Å². The van der Waals surface area contributed by atoms with E-state index in [2.05, 4.69) is 20.8 Å². The Kier molecular flexibility index (Phi) is 5.29. The molecule has 0 radical (unpaired) electrons. The number of ether oxygens (including phenoxy) is 1. The van der Waals surface area contributed by atoms with Gasteiger partial charge in [0.05, 0.1) is 21.5 Å². The molecule has 0 N–H and O–H groups in total. The van der Waals surface area contributed by atoms with Crippen molar-refractivity contribution in [3.05, 3.63) is 93.9 Å². The van der Waals surface area contributed by atoms with Crippen molar-refractivity contribution in [2.24, 2.45) is 0 Å². The minimum Gasteiger partial charge on any atom is -0.454 e. The van der Waals surface area contributed by atoms with E-state index >= 15 is 0 Å². The van der Waals surface area contributed by atoms with Crippen LogP contribution in [-0.2, 0) is 10.0 Å². The molecule has 0 amide bonds. The molecule has 156 valence electrons. The minimum absolute atomic E-state index is 0.0676. The third kappa shape index (κ3) is 3.69. The summed E-state index contributed by atoms with van der Waals surface area (Å²) in [6, 6.07) is 12.4. The first-order valence-electron chi connectivity index (χ1n) is 8.88. The third-order valence-corrected chi connectivity index (χ3v) is 7.13. The van der Waals surface area contributed by atoms with Gasteiger partial charge in [0.1, 0.15) is 11.6 Å². The van der Waals surface area contributed by atoms with Crippen molar-refractivity contribution in [3.63, 3.8) is 0 Å². The van der Waals surface area contributed by atoms with Gasteiger partial charge in [0.2, 0.25) is 5.69 Å². The second-order valence-corrected chi connectivity index (χ2v) is 9.30. The number of fused-ring (bicyclic) bond motifs is 1. The Bertz CT molecular complexity index is 1470. The van der Waals surface area contributed by atoms with Crippen LogP contribution in [0.5, 0.6) is 11.5 Å². The van der Waals surface area contributed by atoms with Crippen molar-refractivity contribution < 1.29 is 21.9 Å². The number of aryl methyl sites for hydroxylation is 1. The summed E-state index contributed by atoms with van der Waals surface area (Å²) in [5, 5.41) is 0.402. The SMILES string of the molecule is [C-]#[N+]c1cc(Oc2c(F)cc3c(ccn3S(=O)(=O)c3ccc(C)cc3)c2Br)ccc1F. The average Bonchev–Trinajstić information content (AvgIpc) is 3.17. The number of rotatable bonds is 4. The fraction of sp³-hybridized carbons (Fsp3) is 0.0455. The predicted octanol–water partition coefficient (Wildman–Crippen LogP) is 6.57. The van der Waals surface area contributed by atoms with Crippen LogP contribution in [0.3, 0.4) is 0 Å². The van der Waals surface area contributed by atoms with Crippen molar-refractivity contribution >= 4 is 42.5 Å². The normalized spacial score (nSPS) is 11.5. The molecule has 0 spiro atoms. The van der Waals surface area contributed by atoms with Gasteiger partial charge in [-0.2, -0.15) is 0 Å². The van der Waals surface area contributed by atoms with Gasteiger partial charge in [-0.1, -0.05) is 17.7 Å². The van der Waals surface area contributed by atoms with Crippen molar-refractivity contribution in [1.29, 1.82) is 0 Å². The van der Waals surface area contributed by atoms with Gasteiger partial charge in [-0.25, -0.2) is 26.0 Å². The first-order chi connectivity index (χ1) is 14.7. The van der Waals surface area contributed by atoms with E-state index in [4.69, 9.17) is 11.3 Å². The first kappa shape index (κ1) is 21.0.